The van der Waals surface area contributed by atoms with E-state index < -0.39 is 10.2 Å². The summed E-state index contributed by atoms with van der Waals surface area (Å²) in [7, 11) is -3.21. The van der Waals surface area contributed by atoms with Crippen LogP contribution in [-0.2, 0) is 10.2 Å². The Balaban J connectivity index is 1.97. The van der Waals surface area contributed by atoms with E-state index in [9.17, 15) is 8.42 Å². The fourth-order valence-electron chi connectivity index (χ4n) is 2.81. The quantitative estimate of drug-likeness (QED) is 0.827. The van der Waals surface area contributed by atoms with E-state index in [0.717, 1.165) is 38.5 Å². The zero-order valence-electron chi connectivity index (χ0n) is 11.1. The molecule has 2 rings (SSSR count). The van der Waals surface area contributed by atoms with Crippen LogP contribution in [0.5, 0.6) is 0 Å². The fraction of sp³-hybridized carbons (Fsp3) is 1.00. The van der Waals surface area contributed by atoms with E-state index in [0.29, 0.717) is 38.6 Å². The Morgan fingerprint density at radius 2 is 1.39 bits per heavy atom. The molecule has 0 spiro atoms. The summed E-state index contributed by atoms with van der Waals surface area (Å²) in [5, 5.41) is 0. The molecule has 2 N–H and O–H groups in total. The van der Waals surface area contributed by atoms with Gasteiger partial charge >= 0.3 is 0 Å². The molecule has 2 saturated heterocycles. The van der Waals surface area contributed by atoms with Crippen LogP contribution in [0.15, 0.2) is 0 Å². The van der Waals surface area contributed by atoms with Gasteiger partial charge in [-0.2, -0.15) is 17.0 Å². The number of hydrogen-bond donors (Lipinski definition) is 1. The number of rotatable bonds is 3. The monoisotopic (exact) mass is 275 g/mol. The topological polar surface area (TPSA) is 66.6 Å². The van der Waals surface area contributed by atoms with Gasteiger partial charge in [-0.3, -0.25) is 0 Å². The van der Waals surface area contributed by atoms with E-state index in [-0.39, 0.29) is 0 Å². The molecule has 2 fully saturated rings. The first-order valence-electron chi connectivity index (χ1n) is 7.10. The van der Waals surface area contributed by atoms with Gasteiger partial charge in [0.2, 0.25) is 0 Å². The van der Waals surface area contributed by atoms with Gasteiger partial charge in [-0.15, -0.1) is 0 Å². The Hall–Kier alpha value is -0.170. The van der Waals surface area contributed by atoms with Crippen LogP contribution in [0.25, 0.3) is 0 Å². The average Bonchev–Trinajstić information content (AvgIpc) is 2.68. The summed E-state index contributed by atoms with van der Waals surface area (Å²) >= 11 is 0. The molecule has 0 radical (unpaired) electrons. The van der Waals surface area contributed by atoms with Crippen LogP contribution in [0.2, 0.25) is 0 Å². The molecule has 106 valence electrons. The summed E-state index contributed by atoms with van der Waals surface area (Å²) in [6.45, 7) is 3.34. The highest BCUT2D eigenvalue weighted by molar-refractivity contribution is 7.86. The Kier molecular flexibility index (Phi) is 5.00. The van der Waals surface area contributed by atoms with Crippen LogP contribution in [-0.4, -0.2) is 49.8 Å². The predicted molar refractivity (Wildman–Crippen MR) is 72.3 cm³/mol. The maximum atomic E-state index is 12.5. The highest BCUT2D eigenvalue weighted by atomic mass is 32.2. The van der Waals surface area contributed by atoms with E-state index in [4.69, 9.17) is 5.73 Å². The van der Waals surface area contributed by atoms with Crippen LogP contribution in [0.1, 0.15) is 38.5 Å². The lowest BCUT2D eigenvalue weighted by molar-refractivity contribution is 0.258. The maximum Gasteiger partial charge on any atom is 0.281 e. The highest BCUT2D eigenvalue weighted by Crippen LogP contribution is 2.22. The molecule has 2 heterocycles. The van der Waals surface area contributed by atoms with Gasteiger partial charge in [-0.1, -0.05) is 12.8 Å². The molecule has 18 heavy (non-hydrogen) atoms. The highest BCUT2D eigenvalue weighted by Gasteiger charge is 2.32. The Bertz CT molecular complexity index is 342. The second kappa shape index (κ2) is 6.32. The average molecular weight is 275 g/mol. The normalized spacial score (nSPS) is 26.1. The number of nitrogens with zero attached hydrogens (tertiary/aromatic N) is 2. The minimum Gasteiger partial charge on any atom is -0.330 e. The standard InChI is InChI=1S/C12H25N3O2S/c13-11-12-5-9-15(10-6-12)18(16,17)14-7-3-1-2-4-8-14/h12H,1-11,13H2. The first-order valence-corrected chi connectivity index (χ1v) is 8.49. The second-order valence-corrected chi connectivity index (χ2v) is 7.33. The minimum absolute atomic E-state index is 0.501. The Morgan fingerprint density at radius 3 is 1.89 bits per heavy atom. The van der Waals surface area contributed by atoms with Crippen molar-refractivity contribution in [2.45, 2.75) is 38.5 Å². The van der Waals surface area contributed by atoms with Gasteiger partial charge < -0.3 is 5.73 Å². The van der Waals surface area contributed by atoms with Gasteiger partial charge in [-0.05, 0) is 38.1 Å². The smallest absolute Gasteiger partial charge is 0.281 e. The van der Waals surface area contributed by atoms with Crippen molar-refractivity contribution in [1.82, 2.24) is 8.61 Å². The Labute approximate surface area is 110 Å². The lowest BCUT2D eigenvalue weighted by Crippen LogP contribution is -2.48. The Morgan fingerprint density at radius 1 is 0.889 bits per heavy atom. The molecule has 0 aromatic rings. The zero-order chi connectivity index (χ0) is 13.0. The largest absolute Gasteiger partial charge is 0.330 e. The molecule has 6 heteroatoms. The van der Waals surface area contributed by atoms with Crippen LogP contribution in [0.3, 0.4) is 0 Å². The summed E-state index contributed by atoms with van der Waals surface area (Å²) in [5.41, 5.74) is 5.64. The molecule has 0 atom stereocenters. The van der Waals surface area contributed by atoms with Crippen LogP contribution in [0.4, 0.5) is 0 Å². The van der Waals surface area contributed by atoms with Gasteiger partial charge in [0, 0.05) is 26.2 Å². The van der Waals surface area contributed by atoms with Crippen LogP contribution < -0.4 is 5.73 Å². The van der Waals surface area contributed by atoms with Crippen molar-refractivity contribution >= 4 is 10.2 Å². The van der Waals surface area contributed by atoms with Gasteiger partial charge in [0.15, 0.2) is 0 Å². The summed E-state index contributed by atoms with van der Waals surface area (Å²) in [6, 6.07) is 0. The molecule has 0 amide bonds. The van der Waals surface area contributed by atoms with E-state index >= 15 is 0 Å². The molecule has 0 aromatic carbocycles. The van der Waals surface area contributed by atoms with E-state index in [1.54, 1.807) is 8.61 Å². The summed E-state index contributed by atoms with van der Waals surface area (Å²) < 4.78 is 28.4. The zero-order valence-corrected chi connectivity index (χ0v) is 11.9. The molecule has 0 saturated carbocycles. The van der Waals surface area contributed by atoms with Crippen molar-refractivity contribution in [3.8, 4) is 0 Å². The molecular formula is C12H25N3O2S. The lowest BCUT2D eigenvalue weighted by Gasteiger charge is -2.34. The summed E-state index contributed by atoms with van der Waals surface area (Å²) in [5.74, 6) is 0.501. The minimum atomic E-state index is -3.21. The van der Waals surface area contributed by atoms with Crippen molar-refractivity contribution < 1.29 is 8.42 Å². The molecule has 0 bridgehead atoms. The predicted octanol–water partition coefficient (Wildman–Crippen LogP) is 0.778. The van der Waals surface area contributed by atoms with Crippen molar-refractivity contribution in [1.29, 1.82) is 0 Å². The third kappa shape index (κ3) is 3.23. The van der Waals surface area contributed by atoms with Gasteiger partial charge in [0.05, 0.1) is 0 Å². The number of piperidine rings is 1. The molecule has 0 unspecified atom stereocenters. The lowest BCUT2D eigenvalue weighted by atomic mass is 9.99. The second-order valence-electron chi connectivity index (χ2n) is 5.40. The van der Waals surface area contributed by atoms with E-state index in [2.05, 4.69) is 0 Å². The third-order valence-electron chi connectivity index (χ3n) is 4.12. The molecule has 2 aliphatic heterocycles. The van der Waals surface area contributed by atoms with Gasteiger partial charge in [-0.25, -0.2) is 0 Å². The molecule has 0 aliphatic carbocycles. The maximum absolute atomic E-state index is 12.5. The van der Waals surface area contributed by atoms with E-state index in [1.165, 1.54) is 0 Å². The van der Waals surface area contributed by atoms with Crippen LogP contribution in [0, 0.1) is 5.92 Å². The molecule has 2 aliphatic rings. The first-order chi connectivity index (χ1) is 8.64. The third-order valence-corrected chi connectivity index (χ3v) is 6.16. The van der Waals surface area contributed by atoms with Crippen LogP contribution >= 0.6 is 0 Å². The van der Waals surface area contributed by atoms with Crippen molar-refractivity contribution in [2.24, 2.45) is 11.7 Å². The van der Waals surface area contributed by atoms with Crippen molar-refractivity contribution in [3.63, 3.8) is 0 Å². The summed E-state index contributed by atoms with van der Waals surface area (Å²) in [6.07, 6.45) is 6.12. The molecular weight excluding hydrogens is 250 g/mol. The number of nitrogens with two attached hydrogens (primary N) is 1. The fourth-order valence-corrected chi connectivity index (χ4v) is 4.53. The first kappa shape index (κ1) is 14.2. The molecule has 0 aromatic heterocycles. The molecule has 5 nitrogen and oxygen atoms in total. The van der Waals surface area contributed by atoms with Crippen molar-refractivity contribution in [3.05, 3.63) is 0 Å². The van der Waals surface area contributed by atoms with Gasteiger partial charge in [0.25, 0.3) is 10.2 Å². The number of hydrogen-bond acceptors (Lipinski definition) is 3. The van der Waals surface area contributed by atoms with E-state index in [1.807, 2.05) is 0 Å². The van der Waals surface area contributed by atoms with Crippen molar-refractivity contribution in [2.75, 3.05) is 32.7 Å². The van der Waals surface area contributed by atoms with Gasteiger partial charge in [0.1, 0.15) is 0 Å². The SMILES string of the molecule is NCC1CCN(S(=O)(=O)N2CCCCCC2)CC1. The summed E-state index contributed by atoms with van der Waals surface area (Å²) in [4.78, 5) is 0.